The molecule has 2 aromatic carbocycles. The van der Waals surface area contributed by atoms with Crippen LogP contribution in [0.2, 0.25) is 0 Å². The van der Waals surface area contributed by atoms with Crippen LogP contribution in [-0.2, 0) is 15.8 Å². The Morgan fingerprint density at radius 2 is 1.92 bits per heavy atom. The minimum atomic E-state index is -4.18. The molecule has 0 aromatic heterocycles. The summed E-state index contributed by atoms with van der Waals surface area (Å²) in [6, 6.07) is 13.8. The third kappa shape index (κ3) is 5.49. The molecular formula is C15H15N2O6P. The van der Waals surface area contributed by atoms with Crippen LogP contribution in [0.25, 0.3) is 0 Å². The number of hydrogen-bond donors (Lipinski definition) is 2. The van der Waals surface area contributed by atoms with Crippen molar-refractivity contribution in [2.45, 2.75) is 6.42 Å². The molecule has 2 rings (SSSR count). The van der Waals surface area contributed by atoms with Gasteiger partial charge in [-0.2, -0.15) is 0 Å². The van der Waals surface area contributed by atoms with E-state index in [0.29, 0.717) is 0 Å². The Kier molecular flexibility index (Phi) is 5.68. The Labute approximate surface area is 137 Å². The van der Waals surface area contributed by atoms with Crippen LogP contribution in [0, 0.1) is 10.1 Å². The van der Waals surface area contributed by atoms with E-state index in [0.717, 1.165) is 11.6 Å². The molecule has 0 spiro atoms. The van der Waals surface area contributed by atoms with E-state index in [1.54, 1.807) is 24.3 Å². The van der Waals surface area contributed by atoms with E-state index in [1.807, 2.05) is 6.07 Å². The Bertz CT molecular complexity index is 781. The monoisotopic (exact) mass is 350 g/mol. The molecule has 0 aliphatic heterocycles. The SMILES string of the molecule is O=C(Cc1ccccc1)NCP(=O)(O)Oc1cccc([N+](=O)[O-])c1. The molecule has 2 N–H and O–H groups in total. The van der Waals surface area contributed by atoms with Crippen LogP contribution in [0.15, 0.2) is 54.6 Å². The van der Waals surface area contributed by atoms with Gasteiger partial charge in [0.2, 0.25) is 5.91 Å². The Morgan fingerprint density at radius 3 is 2.58 bits per heavy atom. The van der Waals surface area contributed by atoms with E-state index < -0.39 is 24.7 Å². The highest BCUT2D eigenvalue weighted by Crippen LogP contribution is 2.41. The van der Waals surface area contributed by atoms with Crippen LogP contribution in [0.4, 0.5) is 5.69 Å². The standard InChI is InChI=1S/C15H15N2O6P/c18-15(9-12-5-2-1-3-6-12)16-11-24(21,22)23-14-8-4-7-13(10-14)17(19)20/h1-8,10H,9,11H2,(H,16,18)(H,21,22). The lowest BCUT2D eigenvalue weighted by atomic mass is 10.1. The Hall–Kier alpha value is -2.70. The molecule has 1 atom stereocenters. The quantitative estimate of drug-likeness (QED) is 0.450. The predicted molar refractivity (Wildman–Crippen MR) is 86.7 cm³/mol. The number of carbonyl (C=O) groups excluding carboxylic acids is 1. The van der Waals surface area contributed by atoms with Crippen molar-refractivity contribution in [3.63, 3.8) is 0 Å². The van der Waals surface area contributed by atoms with Crippen molar-refractivity contribution in [2.24, 2.45) is 0 Å². The summed E-state index contributed by atoms with van der Waals surface area (Å²) >= 11 is 0. The van der Waals surface area contributed by atoms with Gasteiger partial charge in [0.15, 0.2) is 0 Å². The molecule has 9 heteroatoms. The van der Waals surface area contributed by atoms with Crippen molar-refractivity contribution in [1.82, 2.24) is 5.32 Å². The lowest BCUT2D eigenvalue weighted by molar-refractivity contribution is -0.384. The average molecular weight is 350 g/mol. The number of nitro groups is 1. The molecule has 0 aliphatic rings. The second-order valence-electron chi connectivity index (χ2n) is 4.90. The zero-order valence-corrected chi connectivity index (χ0v) is 13.4. The molecule has 8 nitrogen and oxygen atoms in total. The molecule has 0 heterocycles. The molecule has 0 bridgehead atoms. The summed E-state index contributed by atoms with van der Waals surface area (Å²) in [5.74, 6) is -0.551. The number of non-ortho nitro benzene ring substituents is 1. The van der Waals surface area contributed by atoms with Crippen molar-refractivity contribution < 1.29 is 23.7 Å². The van der Waals surface area contributed by atoms with Gasteiger partial charge in [0.05, 0.1) is 17.4 Å². The lowest BCUT2D eigenvalue weighted by Gasteiger charge is -2.14. The van der Waals surface area contributed by atoms with Gasteiger partial charge in [-0.25, -0.2) is 4.57 Å². The van der Waals surface area contributed by atoms with Crippen molar-refractivity contribution in [1.29, 1.82) is 0 Å². The van der Waals surface area contributed by atoms with Crippen LogP contribution in [0.5, 0.6) is 5.75 Å². The number of nitrogens with one attached hydrogen (secondary N) is 1. The summed E-state index contributed by atoms with van der Waals surface area (Å²) in [6.07, 6.45) is -0.529. The fourth-order valence-electron chi connectivity index (χ4n) is 1.88. The van der Waals surface area contributed by atoms with Crippen LogP contribution < -0.4 is 9.84 Å². The van der Waals surface area contributed by atoms with Crippen LogP contribution in [0.1, 0.15) is 5.56 Å². The van der Waals surface area contributed by atoms with Gasteiger partial charge >= 0.3 is 7.60 Å². The number of amides is 1. The minimum absolute atomic E-state index is 0.0671. The first-order valence-electron chi connectivity index (χ1n) is 6.92. The van der Waals surface area contributed by atoms with Crippen molar-refractivity contribution in [3.8, 4) is 5.75 Å². The first-order valence-corrected chi connectivity index (χ1v) is 8.68. The largest absolute Gasteiger partial charge is 0.423 e. The molecule has 0 aliphatic carbocycles. The minimum Gasteiger partial charge on any atom is -0.423 e. The van der Waals surface area contributed by atoms with E-state index in [2.05, 4.69) is 5.32 Å². The van der Waals surface area contributed by atoms with E-state index in [1.165, 1.54) is 18.2 Å². The van der Waals surface area contributed by atoms with E-state index >= 15 is 0 Å². The summed E-state index contributed by atoms with van der Waals surface area (Å²) in [5, 5.41) is 13.0. The van der Waals surface area contributed by atoms with E-state index in [9.17, 15) is 24.4 Å². The molecule has 24 heavy (non-hydrogen) atoms. The number of benzene rings is 2. The van der Waals surface area contributed by atoms with Gasteiger partial charge in [-0.3, -0.25) is 14.9 Å². The fourth-order valence-corrected chi connectivity index (χ4v) is 2.77. The van der Waals surface area contributed by atoms with Gasteiger partial charge in [-0.1, -0.05) is 36.4 Å². The summed E-state index contributed by atoms with van der Waals surface area (Å²) < 4.78 is 16.9. The topological polar surface area (TPSA) is 119 Å². The zero-order chi connectivity index (χ0) is 17.6. The first-order chi connectivity index (χ1) is 11.4. The molecule has 0 saturated heterocycles. The summed E-state index contributed by atoms with van der Waals surface area (Å²) in [4.78, 5) is 31.6. The molecule has 0 radical (unpaired) electrons. The average Bonchev–Trinajstić information content (AvgIpc) is 2.54. The maximum atomic E-state index is 12.0. The second kappa shape index (κ2) is 7.72. The molecule has 1 amide bonds. The summed E-state index contributed by atoms with van der Waals surface area (Å²) in [6.45, 7) is 0. The molecule has 0 fully saturated rings. The second-order valence-corrected chi connectivity index (χ2v) is 6.68. The smallest absolute Gasteiger partial charge is 0.395 e. The number of hydrogen-bond acceptors (Lipinski definition) is 5. The van der Waals surface area contributed by atoms with Crippen molar-refractivity contribution >= 4 is 19.2 Å². The molecule has 2 aromatic rings. The first kappa shape index (κ1) is 17.7. The highest BCUT2D eigenvalue weighted by atomic mass is 31.2. The summed E-state index contributed by atoms with van der Waals surface area (Å²) in [5.41, 5.74) is 0.503. The van der Waals surface area contributed by atoms with Crippen molar-refractivity contribution in [3.05, 3.63) is 70.3 Å². The van der Waals surface area contributed by atoms with E-state index in [-0.39, 0.29) is 17.9 Å². The molecule has 0 saturated carbocycles. The third-order valence-corrected chi connectivity index (χ3v) is 4.01. The number of rotatable bonds is 7. The van der Waals surface area contributed by atoms with E-state index in [4.69, 9.17) is 4.52 Å². The third-order valence-electron chi connectivity index (χ3n) is 2.96. The maximum Gasteiger partial charge on any atom is 0.395 e. The highest BCUT2D eigenvalue weighted by molar-refractivity contribution is 7.53. The van der Waals surface area contributed by atoms with Crippen LogP contribution in [0.3, 0.4) is 0 Å². The number of nitrogens with zero attached hydrogens (tertiary/aromatic N) is 1. The lowest BCUT2D eigenvalue weighted by Crippen LogP contribution is -2.27. The predicted octanol–water partition coefficient (Wildman–Crippen LogP) is 2.48. The number of carbonyl (C=O) groups is 1. The van der Waals surface area contributed by atoms with Gasteiger partial charge in [-0.15, -0.1) is 0 Å². The van der Waals surface area contributed by atoms with Gasteiger partial charge in [-0.05, 0) is 11.6 Å². The highest BCUT2D eigenvalue weighted by Gasteiger charge is 2.23. The van der Waals surface area contributed by atoms with Crippen LogP contribution >= 0.6 is 7.60 Å². The van der Waals surface area contributed by atoms with Gasteiger partial charge in [0.25, 0.3) is 5.69 Å². The Morgan fingerprint density at radius 1 is 1.21 bits per heavy atom. The zero-order valence-electron chi connectivity index (χ0n) is 12.5. The molecular weight excluding hydrogens is 335 g/mol. The van der Waals surface area contributed by atoms with Crippen LogP contribution in [-0.4, -0.2) is 22.0 Å². The molecule has 1 unspecified atom stereocenters. The fraction of sp³-hybridized carbons (Fsp3) is 0.133. The van der Waals surface area contributed by atoms with Gasteiger partial charge in [0.1, 0.15) is 12.0 Å². The molecule has 126 valence electrons. The van der Waals surface area contributed by atoms with Gasteiger partial charge < -0.3 is 14.7 Å². The normalized spacial score (nSPS) is 12.9. The maximum absolute atomic E-state index is 12.0. The summed E-state index contributed by atoms with van der Waals surface area (Å²) in [7, 11) is -4.18. The van der Waals surface area contributed by atoms with Crippen molar-refractivity contribution in [2.75, 3.05) is 6.29 Å². The van der Waals surface area contributed by atoms with Gasteiger partial charge in [0, 0.05) is 6.07 Å². The number of nitro benzene ring substituents is 1. The Balaban J connectivity index is 1.91.